The lowest BCUT2D eigenvalue weighted by Crippen LogP contribution is -2.33. The van der Waals surface area contributed by atoms with E-state index in [1.54, 1.807) is 0 Å². The molecule has 2 amide bonds. The normalized spacial score (nSPS) is 24.2. The molecule has 1 fully saturated rings. The van der Waals surface area contributed by atoms with Crippen LogP contribution in [0.5, 0.6) is 5.75 Å². The van der Waals surface area contributed by atoms with Crippen LogP contribution >= 0.6 is 0 Å². The molecule has 0 bridgehead atoms. The van der Waals surface area contributed by atoms with Gasteiger partial charge < -0.3 is 15.4 Å². The summed E-state index contributed by atoms with van der Waals surface area (Å²) >= 11 is 0. The molecule has 1 aromatic rings. The zero-order valence-electron chi connectivity index (χ0n) is 15.4. The third kappa shape index (κ3) is 4.77. The van der Waals surface area contributed by atoms with Crippen LogP contribution < -0.4 is 15.4 Å². The molecule has 5 nitrogen and oxygen atoms in total. The summed E-state index contributed by atoms with van der Waals surface area (Å²) in [5.41, 5.74) is -0.615. The summed E-state index contributed by atoms with van der Waals surface area (Å²) in [5.74, 6) is -5.13. The van der Waals surface area contributed by atoms with E-state index >= 15 is 0 Å². The maximum absolute atomic E-state index is 13.5. The van der Waals surface area contributed by atoms with Crippen LogP contribution in [0.2, 0.25) is 0 Å². The Hall–Kier alpha value is -2.98. The van der Waals surface area contributed by atoms with Gasteiger partial charge in [-0.3, -0.25) is 9.59 Å². The number of benzene rings is 1. The van der Waals surface area contributed by atoms with Crippen molar-refractivity contribution in [1.82, 2.24) is 10.6 Å². The lowest BCUT2D eigenvalue weighted by atomic mass is 9.95. The summed E-state index contributed by atoms with van der Waals surface area (Å²) in [7, 11) is 0. The fourth-order valence-corrected chi connectivity index (χ4v) is 3.34. The molecule has 1 saturated heterocycles. The highest BCUT2D eigenvalue weighted by atomic mass is 19.4. The second-order valence-corrected chi connectivity index (χ2v) is 6.95. The summed E-state index contributed by atoms with van der Waals surface area (Å²) < 4.78 is 81.6. The molecule has 2 aliphatic rings. The number of hydrogen-bond donors (Lipinski definition) is 2. The standard InChI is InChI=1S/C19H16F6N2O3/c1-9-14(8-26-16(9)28)17(29)27-11-6-13(15(7-11)18(20,21)22)10-3-2-4-12(5-10)30-19(23,24)25/h2-7,9,14-15H,8H2,1H3,(H,26,28)(H,27,29)/t9-,14+,15?/m1/s1. The molecule has 1 unspecified atom stereocenters. The zero-order chi connectivity index (χ0) is 22.3. The summed E-state index contributed by atoms with van der Waals surface area (Å²) in [6.45, 7) is 1.59. The number of allylic oxidation sites excluding steroid dienone is 3. The highest BCUT2D eigenvalue weighted by molar-refractivity contribution is 5.92. The zero-order valence-corrected chi connectivity index (χ0v) is 15.4. The van der Waals surface area contributed by atoms with Crippen molar-refractivity contribution in [1.29, 1.82) is 0 Å². The van der Waals surface area contributed by atoms with E-state index in [0.717, 1.165) is 30.4 Å². The maximum atomic E-state index is 13.5. The third-order valence-electron chi connectivity index (χ3n) is 4.86. The summed E-state index contributed by atoms with van der Waals surface area (Å²) in [6, 6.07) is 4.17. The van der Waals surface area contributed by atoms with E-state index in [4.69, 9.17) is 0 Å². The van der Waals surface area contributed by atoms with E-state index in [2.05, 4.69) is 15.4 Å². The quantitative estimate of drug-likeness (QED) is 0.713. The number of hydrogen-bond acceptors (Lipinski definition) is 3. The van der Waals surface area contributed by atoms with Gasteiger partial charge in [0.2, 0.25) is 11.8 Å². The predicted octanol–water partition coefficient (Wildman–Crippen LogP) is 3.54. The summed E-state index contributed by atoms with van der Waals surface area (Å²) in [6.07, 6.45) is -7.90. The van der Waals surface area contributed by atoms with Crippen molar-refractivity contribution in [3.8, 4) is 5.75 Å². The van der Waals surface area contributed by atoms with Gasteiger partial charge in [0, 0.05) is 18.2 Å². The first-order chi connectivity index (χ1) is 13.8. The third-order valence-corrected chi connectivity index (χ3v) is 4.86. The fraction of sp³-hybridized carbons (Fsp3) is 0.368. The first-order valence-corrected chi connectivity index (χ1v) is 8.80. The highest BCUT2D eigenvalue weighted by Gasteiger charge is 2.44. The molecule has 0 radical (unpaired) electrons. The van der Waals surface area contributed by atoms with E-state index in [0.29, 0.717) is 0 Å². The molecule has 1 aromatic carbocycles. The molecule has 0 spiro atoms. The Morgan fingerprint density at radius 1 is 1.20 bits per heavy atom. The number of alkyl halides is 6. The molecule has 3 rings (SSSR count). The SMILES string of the molecule is C[C@H]1C(=O)NC[C@@H]1C(=O)NC1=CC(C(F)(F)F)C(c2cccc(OC(F)(F)F)c2)=C1. The topological polar surface area (TPSA) is 67.4 Å². The van der Waals surface area contributed by atoms with E-state index in [1.807, 2.05) is 0 Å². The molecule has 11 heteroatoms. The Morgan fingerprint density at radius 2 is 1.90 bits per heavy atom. The average Bonchev–Trinajstić information content (AvgIpc) is 3.18. The van der Waals surface area contributed by atoms with Crippen molar-refractivity contribution in [3.05, 3.63) is 47.7 Å². The highest BCUT2D eigenvalue weighted by Crippen LogP contribution is 2.43. The van der Waals surface area contributed by atoms with E-state index in [1.165, 1.54) is 13.0 Å². The van der Waals surface area contributed by atoms with Crippen molar-refractivity contribution >= 4 is 17.4 Å². The number of nitrogens with one attached hydrogen (secondary N) is 2. The molecular formula is C19H16F6N2O3. The Morgan fingerprint density at radius 3 is 2.47 bits per heavy atom. The van der Waals surface area contributed by atoms with Crippen LogP contribution in [0.4, 0.5) is 26.3 Å². The summed E-state index contributed by atoms with van der Waals surface area (Å²) in [4.78, 5) is 23.9. The molecule has 1 aliphatic carbocycles. The van der Waals surface area contributed by atoms with Crippen LogP contribution in [0.25, 0.3) is 5.57 Å². The minimum absolute atomic E-state index is 0.0647. The molecule has 30 heavy (non-hydrogen) atoms. The molecule has 2 N–H and O–H groups in total. The van der Waals surface area contributed by atoms with Crippen molar-refractivity contribution in [3.63, 3.8) is 0 Å². The van der Waals surface area contributed by atoms with Gasteiger partial charge in [-0.2, -0.15) is 13.2 Å². The average molecular weight is 434 g/mol. The fourth-order valence-electron chi connectivity index (χ4n) is 3.34. The van der Waals surface area contributed by atoms with Crippen molar-refractivity contribution < 1.29 is 40.7 Å². The van der Waals surface area contributed by atoms with Crippen LogP contribution in [0.15, 0.2) is 42.1 Å². The Balaban J connectivity index is 1.86. The van der Waals surface area contributed by atoms with E-state index in [9.17, 15) is 35.9 Å². The first kappa shape index (κ1) is 21.7. The molecule has 1 aliphatic heterocycles. The number of ether oxygens (including phenoxy) is 1. The predicted molar refractivity (Wildman–Crippen MR) is 92.5 cm³/mol. The van der Waals surface area contributed by atoms with Crippen LogP contribution in [-0.2, 0) is 9.59 Å². The van der Waals surface area contributed by atoms with Gasteiger partial charge in [0.15, 0.2) is 0 Å². The van der Waals surface area contributed by atoms with E-state index < -0.39 is 41.9 Å². The molecular weight excluding hydrogens is 418 g/mol. The smallest absolute Gasteiger partial charge is 0.406 e. The Bertz CT molecular complexity index is 920. The Kier molecular flexibility index (Phi) is 5.57. The second kappa shape index (κ2) is 7.69. The van der Waals surface area contributed by atoms with Crippen LogP contribution in [0.3, 0.4) is 0 Å². The molecule has 3 atom stereocenters. The minimum atomic E-state index is -4.99. The second-order valence-electron chi connectivity index (χ2n) is 6.95. The number of carbonyl (C=O) groups excluding carboxylic acids is 2. The van der Waals surface area contributed by atoms with Gasteiger partial charge >= 0.3 is 12.5 Å². The van der Waals surface area contributed by atoms with Crippen LogP contribution in [0.1, 0.15) is 12.5 Å². The molecule has 0 saturated carbocycles. The number of carbonyl (C=O) groups is 2. The number of halogens is 6. The van der Waals surface area contributed by atoms with Gasteiger partial charge in [0.05, 0.1) is 5.92 Å². The monoisotopic (exact) mass is 434 g/mol. The van der Waals surface area contributed by atoms with Gasteiger partial charge in [-0.1, -0.05) is 19.1 Å². The minimum Gasteiger partial charge on any atom is -0.406 e. The lowest BCUT2D eigenvalue weighted by Gasteiger charge is -2.18. The van der Waals surface area contributed by atoms with Gasteiger partial charge in [0.25, 0.3) is 0 Å². The van der Waals surface area contributed by atoms with Gasteiger partial charge in [-0.15, -0.1) is 13.2 Å². The summed E-state index contributed by atoms with van der Waals surface area (Å²) in [5, 5.41) is 4.87. The largest absolute Gasteiger partial charge is 0.573 e. The maximum Gasteiger partial charge on any atom is 0.573 e. The number of rotatable bonds is 4. The van der Waals surface area contributed by atoms with Crippen LogP contribution in [0, 0.1) is 17.8 Å². The van der Waals surface area contributed by atoms with Crippen molar-refractivity contribution in [2.24, 2.45) is 17.8 Å². The molecule has 162 valence electrons. The molecule has 1 heterocycles. The Labute approximate surface area is 166 Å². The van der Waals surface area contributed by atoms with Gasteiger partial charge in [-0.05, 0) is 35.4 Å². The van der Waals surface area contributed by atoms with E-state index in [-0.39, 0.29) is 29.3 Å². The lowest BCUT2D eigenvalue weighted by molar-refractivity contribution is -0.274. The van der Waals surface area contributed by atoms with Crippen molar-refractivity contribution in [2.45, 2.75) is 19.5 Å². The first-order valence-electron chi connectivity index (χ1n) is 8.80. The number of amides is 2. The van der Waals surface area contributed by atoms with Crippen LogP contribution in [-0.4, -0.2) is 30.9 Å². The van der Waals surface area contributed by atoms with Crippen molar-refractivity contribution in [2.75, 3.05) is 6.54 Å². The molecule has 0 aromatic heterocycles. The van der Waals surface area contributed by atoms with Gasteiger partial charge in [-0.25, -0.2) is 0 Å². The van der Waals surface area contributed by atoms with Gasteiger partial charge in [0.1, 0.15) is 11.7 Å².